The summed E-state index contributed by atoms with van der Waals surface area (Å²) in [5, 5.41) is 8.49. The zero-order chi connectivity index (χ0) is 9.40. The lowest BCUT2D eigenvalue weighted by Crippen LogP contribution is -2.10. The normalized spacial score (nSPS) is 21.3. The van der Waals surface area contributed by atoms with E-state index in [9.17, 15) is 4.79 Å². The number of aliphatic carboxylic acids is 1. The van der Waals surface area contributed by atoms with Gasteiger partial charge in [0.15, 0.2) is 0 Å². The first-order valence-electron chi connectivity index (χ1n) is 3.66. The summed E-state index contributed by atoms with van der Waals surface area (Å²) in [5.74, 6) is -0.762. The molecule has 72 valence electrons. The van der Waals surface area contributed by atoms with Gasteiger partial charge in [-0.2, -0.15) is 0 Å². The van der Waals surface area contributed by atoms with E-state index in [4.69, 9.17) is 33.0 Å². The van der Waals surface area contributed by atoms with Crippen LogP contribution in [0.1, 0.15) is 19.3 Å². The molecule has 0 aromatic heterocycles. The minimum absolute atomic E-state index is 0.0116. The van der Waals surface area contributed by atoms with Crippen LogP contribution in [0.3, 0.4) is 0 Å². The Kier molecular flexibility index (Phi) is 7.65. The third kappa shape index (κ3) is 6.70. The molecule has 0 aromatic carbocycles. The molecule has 0 aliphatic carbocycles. The number of halogens is 2. The van der Waals surface area contributed by atoms with E-state index in [1.165, 1.54) is 0 Å². The minimum atomic E-state index is -0.762. The van der Waals surface area contributed by atoms with Crippen LogP contribution in [-0.2, 0) is 9.53 Å². The van der Waals surface area contributed by atoms with Crippen molar-refractivity contribution in [2.45, 2.75) is 25.4 Å². The molecule has 0 aromatic rings. The third-order valence-corrected chi connectivity index (χ3v) is 1.43. The molecule has 1 atom stereocenters. The molecule has 1 unspecified atom stereocenters. The molecule has 0 spiro atoms. The van der Waals surface area contributed by atoms with Crippen molar-refractivity contribution >= 4 is 29.2 Å². The lowest BCUT2D eigenvalue weighted by atomic mass is 10.2. The first kappa shape index (κ1) is 12.0. The van der Waals surface area contributed by atoms with Crippen molar-refractivity contribution < 1.29 is 14.6 Å². The quantitative estimate of drug-likeness (QED) is 0.717. The molecule has 1 N–H and O–H groups in total. The molecule has 1 saturated heterocycles. The topological polar surface area (TPSA) is 46.5 Å². The van der Waals surface area contributed by atoms with Crippen LogP contribution in [0.25, 0.3) is 0 Å². The van der Waals surface area contributed by atoms with Gasteiger partial charge in [-0.15, -0.1) is 23.2 Å². The van der Waals surface area contributed by atoms with Gasteiger partial charge in [0.2, 0.25) is 0 Å². The van der Waals surface area contributed by atoms with E-state index in [0.29, 0.717) is 0 Å². The number of hydrogen-bond donors (Lipinski definition) is 1. The smallest absolute Gasteiger partial charge is 0.305 e. The maximum atomic E-state index is 10.1. The third-order valence-electron chi connectivity index (χ3n) is 1.43. The fraction of sp³-hybridized carbons (Fsp3) is 0.857. The Morgan fingerprint density at radius 3 is 2.50 bits per heavy atom. The fourth-order valence-corrected chi connectivity index (χ4v) is 1.00. The highest BCUT2D eigenvalue weighted by molar-refractivity contribution is 6.40. The second-order valence-corrected chi connectivity index (χ2v) is 3.14. The highest BCUT2D eigenvalue weighted by Crippen LogP contribution is 2.14. The van der Waals surface area contributed by atoms with E-state index in [0.717, 1.165) is 19.4 Å². The Morgan fingerprint density at radius 2 is 2.17 bits per heavy atom. The molecule has 1 rings (SSSR count). The summed E-state index contributed by atoms with van der Waals surface area (Å²) in [6.45, 7) is 0.734. The van der Waals surface area contributed by atoms with Crippen molar-refractivity contribution in [3.63, 3.8) is 0 Å². The minimum Gasteiger partial charge on any atom is -0.481 e. The van der Waals surface area contributed by atoms with Crippen molar-refractivity contribution in [2.24, 2.45) is 0 Å². The maximum Gasteiger partial charge on any atom is 0.305 e. The highest BCUT2D eigenvalue weighted by Gasteiger charge is 2.17. The molecule has 12 heavy (non-hydrogen) atoms. The van der Waals surface area contributed by atoms with Crippen LogP contribution in [0.15, 0.2) is 0 Å². The summed E-state index contributed by atoms with van der Waals surface area (Å²) in [7, 11) is 0. The summed E-state index contributed by atoms with van der Waals surface area (Å²) >= 11 is 9.53. The van der Waals surface area contributed by atoms with Gasteiger partial charge < -0.3 is 9.84 Å². The van der Waals surface area contributed by atoms with Gasteiger partial charge in [0, 0.05) is 6.61 Å². The second kappa shape index (κ2) is 7.65. The molecule has 0 bridgehead atoms. The first-order valence-corrected chi connectivity index (χ1v) is 4.73. The van der Waals surface area contributed by atoms with Crippen LogP contribution >= 0.6 is 23.2 Å². The Bertz CT molecular complexity index is 124. The predicted octanol–water partition coefficient (Wildman–Crippen LogP) is 2.06. The Hall–Kier alpha value is 0.01000. The van der Waals surface area contributed by atoms with Crippen LogP contribution in [0.5, 0.6) is 0 Å². The summed E-state index contributed by atoms with van der Waals surface area (Å²) in [6.07, 6.45) is 2.08. The summed E-state index contributed by atoms with van der Waals surface area (Å²) in [4.78, 5) is 10.1. The van der Waals surface area contributed by atoms with Crippen LogP contribution in [-0.4, -0.2) is 29.1 Å². The predicted molar refractivity (Wildman–Crippen MR) is 47.8 cm³/mol. The highest BCUT2D eigenvalue weighted by atomic mass is 35.5. The molecule has 5 heteroatoms. The molecule has 0 amide bonds. The summed E-state index contributed by atoms with van der Waals surface area (Å²) in [5.41, 5.74) is 0. The van der Waals surface area contributed by atoms with Gasteiger partial charge in [-0.1, -0.05) is 0 Å². The van der Waals surface area contributed by atoms with Crippen molar-refractivity contribution in [1.82, 2.24) is 0 Å². The summed E-state index contributed by atoms with van der Waals surface area (Å²) < 4.78 is 5.08. The maximum absolute atomic E-state index is 10.1. The zero-order valence-corrected chi connectivity index (χ0v) is 8.14. The van der Waals surface area contributed by atoms with Crippen molar-refractivity contribution in [3.8, 4) is 0 Å². The van der Waals surface area contributed by atoms with E-state index >= 15 is 0 Å². The van der Waals surface area contributed by atoms with Gasteiger partial charge in [-0.3, -0.25) is 4.79 Å². The lowest BCUT2D eigenvalue weighted by Gasteiger charge is -2.02. The number of rotatable bonds is 2. The molecular formula is C7H12Cl2O3. The van der Waals surface area contributed by atoms with E-state index in [1.807, 2.05) is 0 Å². The van der Waals surface area contributed by atoms with Crippen molar-refractivity contribution in [1.29, 1.82) is 0 Å². The summed E-state index contributed by atoms with van der Waals surface area (Å²) in [6, 6.07) is 0. The van der Waals surface area contributed by atoms with Gasteiger partial charge in [0.1, 0.15) is 0 Å². The van der Waals surface area contributed by atoms with Gasteiger partial charge in [-0.25, -0.2) is 0 Å². The van der Waals surface area contributed by atoms with Crippen molar-refractivity contribution in [3.05, 3.63) is 0 Å². The Morgan fingerprint density at radius 1 is 1.58 bits per heavy atom. The average molecular weight is 215 g/mol. The standard InChI is InChI=1S/C6H10O3.CH2Cl2/c7-6(8)4-5-2-1-3-9-5;2-1-3/h5H,1-4H2,(H,7,8);1H2. The molecular weight excluding hydrogens is 203 g/mol. The van der Waals surface area contributed by atoms with Gasteiger partial charge in [0.05, 0.1) is 17.9 Å². The second-order valence-electron chi connectivity index (χ2n) is 2.33. The fourth-order valence-electron chi connectivity index (χ4n) is 1.00. The number of carbonyl (C=O) groups is 1. The molecule has 0 saturated carbocycles. The first-order chi connectivity index (χ1) is 5.70. The van der Waals surface area contributed by atoms with Crippen LogP contribution < -0.4 is 0 Å². The average Bonchev–Trinajstić information content (AvgIpc) is 2.40. The van der Waals surface area contributed by atoms with Gasteiger partial charge in [-0.05, 0) is 12.8 Å². The number of alkyl halides is 2. The van der Waals surface area contributed by atoms with Crippen LogP contribution in [0.2, 0.25) is 0 Å². The van der Waals surface area contributed by atoms with E-state index < -0.39 is 5.97 Å². The molecule has 1 fully saturated rings. The largest absolute Gasteiger partial charge is 0.481 e. The van der Waals surface area contributed by atoms with Gasteiger partial charge >= 0.3 is 5.97 Å². The van der Waals surface area contributed by atoms with Gasteiger partial charge in [0.25, 0.3) is 0 Å². The lowest BCUT2D eigenvalue weighted by molar-refractivity contribution is -0.139. The van der Waals surface area contributed by atoms with E-state index in [-0.39, 0.29) is 17.9 Å². The zero-order valence-electron chi connectivity index (χ0n) is 6.63. The van der Waals surface area contributed by atoms with E-state index in [1.54, 1.807) is 0 Å². The number of ether oxygens (including phenoxy) is 1. The monoisotopic (exact) mass is 214 g/mol. The van der Waals surface area contributed by atoms with Crippen molar-refractivity contribution in [2.75, 3.05) is 11.9 Å². The molecule has 0 radical (unpaired) electrons. The number of hydrogen-bond acceptors (Lipinski definition) is 2. The number of carboxylic acid groups (broad SMARTS) is 1. The molecule has 1 aliphatic rings. The molecule has 1 heterocycles. The molecule has 3 nitrogen and oxygen atoms in total. The van der Waals surface area contributed by atoms with E-state index in [2.05, 4.69) is 0 Å². The van der Waals surface area contributed by atoms with Crippen LogP contribution in [0, 0.1) is 0 Å². The Labute approximate surface area is 81.6 Å². The SMILES string of the molecule is ClCCl.O=C(O)CC1CCCO1. The Balaban J connectivity index is 0.000000354. The molecule has 1 aliphatic heterocycles. The number of carboxylic acids is 1. The van der Waals surface area contributed by atoms with Crippen LogP contribution in [0.4, 0.5) is 0 Å².